The average Bonchev–Trinajstić information content (AvgIpc) is 2.76. The molecular weight excluding hydrogens is 538 g/mol. The van der Waals surface area contributed by atoms with Crippen LogP contribution in [0.25, 0.3) is 0 Å². The van der Waals surface area contributed by atoms with Crippen LogP contribution in [0.1, 0.15) is 15.9 Å². The Labute approximate surface area is 211 Å². The fourth-order valence-electron chi connectivity index (χ4n) is 3.05. The molecule has 12 heteroatoms. The topological polar surface area (TPSA) is 58.2 Å². The van der Waals surface area contributed by atoms with E-state index >= 15 is 0 Å². The molecule has 0 aliphatic carbocycles. The summed E-state index contributed by atoms with van der Waals surface area (Å²) in [4.78, 5) is 25.1. The van der Waals surface area contributed by atoms with E-state index in [1.165, 1.54) is 30.3 Å². The van der Waals surface area contributed by atoms with Crippen molar-refractivity contribution in [2.45, 2.75) is 12.6 Å². The van der Waals surface area contributed by atoms with Gasteiger partial charge in [0.2, 0.25) is 5.91 Å². The lowest BCUT2D eigenvalue weighted by atomic mass is 9.97. The van der Waals surface area contributed by atoms with E-state index in [2.05, 4.69) is 10.6 Å². The lowest BCUT2D eigenvalue weighted by Gasteiger charge is -2.20. The van der Waals surface area contributed by atoms with Crippen molar-refractivity contribution >= 4 is 58.0 Å². The number of amides is 2. The Morgan fingerprint density at radius 2 is 1.51 bits per heavy atom. The minimum atomic E-state index is -4.90. The van der Waals surface area contributed by atoms with Crippen molar-refractivity contribution in [1.29, 1.82) is 0 Å². The summed E-state index contributed by atoms with van der Waals surface area (Å²) in [6, 6.07) is 9.73. The Morgan fingerprint density at radius 1 is 0.829 bits per heavy atom. The number of hydrogen-bond acceptors (Lipinski definition) is 2. The second-order valence-corrected chi connectivity index (χ2v) is 8.53. The molecule has 0 heterocycles. The van der Waals surface area contributed by atoms with Crippen LogP contribution in [-0.4, -0.2) is 18.0 Å². The van der Waals surface area contributed by atoms with E-state index in [1.54, 1.807) is 0 Å². The number of nitrogens with one attached hydrogen (secondary N) is 2. The Hall–Kier alpha value is -2.88. The fourth-order valence-corrected chi connectivity index (χ4v) is 3.57. The minimum absolute atomic E-state index is 0.0384. The zero-order valence-electron chi connectivity index (χ0n) is 17.3. The van der Waals surface area contributed by atoms with Gasteiger partial charge in [0.1, 0.15) is 17.6 Å². The van der Waals surface area contributed by atoms with E-state index < -0.39 is 42.0 Å². The maximum Gasteiger partial charge on any atom is 0.400 e. The molecule has 0 fully saturated rings. The molecule has 184 valence electrons. The van der Waals surface area contributed by atoms with Gasteiger partial charge >= 0.3 is 6.18 Å². The molecule has 35 heavy (non-hydrogen) atoms. The van der Waals surface area contributed by atoms with Crippen LogP contribution in [0.2, 0.25) is 15.1 Å². The van der Waals surface area contributed by atoms with Crippen LogP contribution >= 0.6 is 34.8 Å². The van der Waals surface area contributed by atoms with Crippen LogP contribution in [-0.2, 0) is 11.2 Å². The molecule has 0 saturated carbocycles. The highest BCUT2D eigenvalue weighted by atomic mass is 35.5. The molecule has 0 radical (unpaired) electrons. The molecular formula is C23H14Cl3F5N2O2. The molecule has 3 rings (SSSR count). The summed E-state index contributed by atoms with van der Waals surface area (Å²) in [7, 11) is 0. The van der Waals surface area contributed by atoms with Gasteiger partial charge in [-0.05, 0) is 54.4 Å². The lowest BCUT2D eigenvalue weighted by Crippen LogP contribution is -2.36. The summed E-state index contributed by atoms with van der Waals surface area (Å²) >= 11 is 17.6. The zero-order chi connectivity index (χ0) is 25.9. The van der Waals surface area contributed by atoms with Crippen LogP contribution in [0.3, 0.4) is 0 Å². The van der Waals surface area contributed by atoms with Gasteiger partial charge in [-0.1, -0.05) is 40.9 Å². The molecule has 1 atom stereocenters. The predicted molar refractivity (Wildman–Crippen MR) is 124 cm³/mol. The molecule has 4 nitrogen and oxygen atoms in total. The minimum Gasteiger partial charge on any atom is -0.326 e. The summed E-state index contributed by atoms with van der Waals surface area (Å²) in [6.45, 7) is 0. The molecule has 3 aromatic carbocycles. The molecule has 2 N–H and O–H groups in total. The standard InChI is InChI=1S/C23H14Cl3F5N2O2/c24-16-5-3-13(10-14(16)21(34)33-20-6-2-12(27)9-19(20)28)32-22(35)15(23(29,30)31)7-11-1-4-17(25)18(26)8-11/h1-6,8-10,15H,7H2,(H,32,35)(H,33,34). The molecule has 0 aromatic heterocycles. The number of rotatable bonds is 6. The van der Waals surface area contributed by atoms with Crippen molar-refractivity contribution in [3.05, 3.63) is 92.4 Å². The Balaban J connectivity index is 1.81. The fraction of sp³-hybridized carbons (Fsp3) is 0.130. The number of benzene rings is 3. The van der Waals surface area contributed by atoms with Crippen molar-refractivity contribution in [2.24, 2.45) is 5.92 Å². The van der Waals surface area contributed by atoms with Gasteiger partial charge in [0, 0.05) is 11.8 Å². The number of carbonyl (C=O) groups is 2. The molecule has 0 aliphatic rings. The maximum absolute atomic E-state index is 13.8. The molecule has 0 spiro atoms. The van der Waals surface area contributed by atoms with Crippen LogP contribution in [0.15, 0.2) is 54.6 Å². The summed E-state index contributed by atoms with van der Waals surface area (Å²) in [5, 5.41) is 4.37. The molecule has 1 unspecified atom stereocenters. The van der Waals surface area contributed by atoms with E-state index in [0.717, 1.165) is 18.2 Å². The van der Waals surface area contributed by atoms with Gasteiger partial charge < -0.3 is 10.6 Å². The maximum atomic E-state index is 13.8. The lowest BCUT2D eigenvalue weighted by molar-refractivity contribution is -0.179. The summed E-state index contributed by atoms with van der Waals surface area (Å²) < 4.78 is 67.9. The average molecular weight is 552 g/mol. The Bertz CT molecular complexity index is 1280. The molecule has 3 aromatic rings. The quantitative estimate of drug-likeness (QED) is 0.311. The SMILES string of the molecule is O=C(Nc1ccc(F)cc1F)c1cc(NC(=O)C(Cc2ccc(Cl)c(Cl)c2)C(F)(F)F)ccc1Cl. The van der Waals surface area contributed by atoms with Gasteiger partial charge in [0.05, 0.1) is 26.3 Å². The number of hydrogen-bond donors (Lipinski definition) is 2. The second-order valence-electron chi connectivity index (χ2n) is 7.31. The van der Waals surface area contributed by atoms with Crippen LogP contribution in [0.4, 0.5) is 33.3 Å². The highest BCUT2D eigenvalue weighted by Crippen LogP contribution is 2.33. The highest BCUT2D eigenvalue weighted by molar-refractivity contribution is 6.42. The normalized spacial score (nSPS) is 12.2. The van der Waals surface area contributed by atoms with Crippen LogP contribution in [0, 0.1) is 17.6 Å². The summed E-state index contributed by atoms with van der Waals surface area (Å²) in [5.41, 5.74) is -0.635. The third kappa shape index (κ3) is 6.84. The van der Waals surface area contributed by atoms with Gasteiger partial charge in [-0.2, -0.15) is 13.2 Å². The van der Waals surface area contributed by atoms with E-state index in [4.69, 9.17) is 34.8 Å². The molecule has 2 amide bonds. The van der Waals surface area contributed by atoms with Crippen molar-refractivity contribution in [3.8, 4) is 0 Å². The van der Waals surface area contributed by atoms with Crippen molar-refractivity contribution in [1.82, 2.24) is 0 Å². The summed E-state index contributed by atoms with van der Waals surface area (Å²) in [5.74, 6) is -6.67. The smallest absolute Gasteiger partial charge is 0.326 e. The van der Waals surface area contributed by atoms with Gasteiger partial charge in [-0.15, -0.1) is 0 Å². The third-order valence-corrected chi connectivity index (χ3v) is 5.86. The van der Waals surface area contributed by atoms with E-state index in [-0.39, 0.29) is 37.6 Å². The van der Waals surface area contributed by atoms with Crippen molar-refractivity contribution in [2.75, 3.05) is 10.6 Å². The Morgan fingerprint density at radius 3 is 2.14 bits per heavy atom. The zero-order valence-corrected chi connectivity index (χ0v) is 19.6. The third-order valence-electron chi connectivity index (χ3n) is 4.79. The first-order chi connectivity index (χ1) is 16.3. The molecule has 0 aliphatic heterocycles. The number of halogens is 8. The first-order valence-corrected chi connectivity index (χ1v) is 10.9. The number of carbonyl (C=O) groups excluding carboxylic acids is 2. The van der Waals surface area contributed by atoms with E-state index in [9.17, 15) is 31.5 Å². The number of alkyl halides is 3. The largest absolute Gasteiger partial charge is 0.400 e. The van der Waals surface area contributed by atoms with Gasteiger partial charge in [0.25, 0.3) is 5.91 Å². The highest BCUT2D eigenvalue weighted by Gasteiger charge is 2.44. The van der Waals surface area contributed by atoms with E-state index in [0.29, 0.717) is 6.07 Å². The molecule has 0 bridgehead atoms. The monoisotopic (exact) mass is 550 g/mol. The van der Waals surface area contributed by atoms with Gasteiger partial charge in [0.15, 0.2) is 0 Å². The summed E-state index contributed by atoms with van der Waals surface area (Å²) in [6.07, 6.45) is -5.61. The van der Waals surface area contributed by atoms with E-state index in [1.807, 2.05) is 0 Å². The van der Waals surface area contributed by atoms with Gasteiger partial charge in [-0.25, -0.2) is 8.78 Å². The van der Waals surface area contributed by atoms with Crippen LogP contribution < -0.4 is 10.6 Å². The second kappa shape index (κ2) is 10.8. The Kier molecular flexibility index (Phi) is 8.25. The predicted octanol–water partition coefficient (Wildman–Crippen LogP) is 7.54. The molecule has 0 saturated heterocycles. The van der Waals surface area contributed by atoms with Crippen molar-refractivity contribution < 1.29 is 31.5 Å². The number of anilines is 2. The van der Waals surface area contributed by atoms with Gasteiger partial charge in [-0.3, -0.25) is 9.59 Å². The van der Waals surface area contributed by atoms with Crippen molar-refractivity contribution in [3.63, 3.8) is 0 Å². The first-order valence-electron chi connectivity index (χ1n) is 9.72. The van der Waals surface area contributed by atoms with Crippen LogP contribution in [0.5, 0.6) is 0 Å². The first kappa shape index (κ1) is 26.7.